The number of nitrogens with two attached hydrogens (primary N) is 1. The molecule has 0 radical (unpaired) electrons. The van der Waals surface area contributed by atoms with Crippen molar-refractivity contribution in [3.63, 3.8) is 0 Å². The van der Waals surface area contributed by atoms with Gasteiger partial charge >= 0.3 is 6.03 Å². The predicted molar refractivity (Wildman–Crippen MR) is 59.5 cm³/mol. The third-order valence-corrected chi connectivity index (χ3v) is 3.68. The quantitative estimate of drug-likeness (QED) is 0.753. The van der Waals surface area contributed by atoms with Crippen molar-refractivity contribution >= 4 is 6.03 Å². The van der Waals surface area contributed by atoms with E-state index >= 15 is 0 Å². The van der Waals surface area contributed by atoms with Crippen molar-refractivity contribution in [2.75, 3.05) is 20.1 Å². The fraction of sp³-hybridized carbons (Fsp3) is 0.909. The molecule has 2 atom stereocenters. The van der Waals surface area contributed by atoms with Crippen LogP contribution in [-0.4, -0.2) is 48.1 Å². The van der Waals surface area contributed by atoms with E-state index in [4.69, 9.17) is 5.73 Å². The first kappa shape index (κ1) is 10.7. The molecule has 1 aliphatic carbocycles. The molecule has 4 heteroatoms. The molecule has 2 fully saturated rings. The normalized spacial score (nSPS) is 29.5. The predicted octanol–water partition coefficient (Wildman–Crippen LogP) is 0.870. The second kappa shape index (κ2) is 4.00. The molecule has 1 heterocycles. The first-order chi connectivity index (χ1) is 7.09. The number of likely N-dealkylation sites (N-methyl/N-ethyl adjacent to an activating group) is 1. The van der Waals surface area contributed by atoms with Crippen LogP contribution in [0.4, 0.5) is 4.79 Å². The van der Waals surface area contributed by atoms with E-state index in [1.54, 1.807) is 0 Å². The van der Waals surface area contributed by atoms with Gasteiger partial charge in [-0.25, -0.2) is 4.79 Å². The number of amides is 2. The van der Waals surface area contributed by atoms with E-state index in [9.17, 15) is 4.79 Å². The number of urea groups is 1. The van der Waals surface area contributed by atoms with Crippen molar-refractivity contribution in [3.8, 4) is 0 Å². The van der Waals surface area contributed by atoms with Crippen LogP contribution in [0.1, 0.15) is 26.2 Å². The minimum atomic E-state index is 0.0718. The molecule has 15 heavy (non-hydrogen) atoms. The third-order valence-electron chi connectivity index (χ3n) is 3.68. The Hall–Kier alpha value is -0.770. The summed E-state index contributed by atoms with van der Waals surface area (Å²) in [5, 5.41) is 0. The number of nitrogens with zero attached hydrogens (tertiary/aromatic N) is 2. The highest BCUT2D eigenvalue weighted by Crippen LogP contribution is 2.34. The molecule has 0 aromatic carbocycles. The Bertz CT molecular complexity index is 250. The Labute approximate surface area is 91.4 Å². The standard InChI is InChI=1S/C11H21N3O/c1-8(12)6-14-7-10(9-4-3-5-9)13(2)11(14)15/h8-10H,3-7,12H2,1-2H3. The number of carbonyl (C=O) groups excluding carboxylic acids is 1. The van der Waals surface area contributed by atoms with Crippen molar-refractivity contribution in [1.82, 2.24) is 9.80 Å². The van der Waals surface area contributed by atoms with Crippen molar-refractivity contribution in [3.05, 3.63) is 0 Å². The van der Waals surface area contributed by atoms with Gasteiger partial charge in [-0.3, -0.25) is 0 Å². The van der Waals surface area contributed by atoms with Crippen LogP contribution in [0.15, 0.2) is 0 Å². The first-order valence-electron chi connectivity index (χ1n) is 5.87. The van der Waals surface area contributed by atoms with Crippen molar-refractivity contribution < 1.29 is 4.79 Å². The molecule has 4 nitrogen and oxygen atoms in total. The van der Waals surface area contributed by atoms with Crippen LogP contribution in [0.2, 0.25) is 0 Å². The van der Waals surface area contributed by atoms with E-state index in [2.05, 4.69) is 0 Å². The highest BCUT2D eigenvalue weighted by atomic mass is 16.2. The number of carbonyl (C=O) groups is 1. The fourth-order valence-electron chi connectivity index (χ4n) is 2.58. The SMILES string of the molecule is CC(N)CN1CC(C2CCC2)N(C)C1=O. The summed E-state index contributed by atoms with van der Waals surface area (Å²) in [7, 11) is 1.92. The Morgan fingerprint density at radius 1 is 1.53 bits per heavy atom. The van der Waals surface area contributed by atoms with Gasteiger partial charge in [0.1, 0.15) is 0 Å². The summed E-state index contributed by atoms with van der Waals surface area (Å²) in [4.78, 5) is 15.7. The molecule has 2 N–H and O–H groups in total. The summed E-state index contributed by atoms with van der Waals surface area (Å²) in [6, 6.07) is 0.664. The highest BCUT2D eigenvalue weighted by molar-refractivity contribution is 5.77. The van der Waals surface area contributed by atoms with Gasteiger partial charge in [0.25, 0.3) is 0 Å². The summed E-state index contributed by atoms with van der Waals surface area (Å²) >= 11 is 0. The Morgan fingerprint density at radius 2 is 2.20 bits per heavy atom. The maximum Gasteiger partial charge on any atom is 0.320 e. The Kier molecular flexibility index (Phi) is 2.87. The zero-order chi connectivity index (χ0) is 11.0. The van der Waals surface area contributed by atoms with E-state index in [0.717, 1.165) is 12.5 Å². The lowest BCUT2D eigenvalue weighted by atomic mass is 9.79. The molecule has 1 aliphatic heterocycles. The van der Waals surface area contributed by atoms with Crippen LogP contribution in [0.3, 0.4) is 0 Å². The molecule has 86 valence electrons. The molecule has 1 saturated heterocycles. The van der Waals surface area contributed by atoms with Gasteiger partial charge in [-0.1, -0.05) is 6.42 Å². The second-order valence-electron chi connectivity index (χ2n) is 5.03. The summed E-state index contributed by atoms with van der Waals surface area (Å²) in [6.07, 6.45) is 3.90. The minimum absolute atomic E-state index is 0.0718. The third kappa shape index (κ3) is 1.95. The molecule has 0 aromatic rings. The van der Waals surface area contributed by atoms with E-state index in [-0.39, 0.29) is 12.1 Å². The highest BCUT2D eigenvalue weighted by Gasteiger charge is 2.40. The van der Waals surface area contributed by atoms with Crippen LogP contribution in [-0.2, 0) is 0 Å². The molecule has 2 amide bonds. The maximum atomic E-state index is 11.9. The Balaban J connectivity index is 1.96. The van der Waals surface area contributed by atoms with Gasteiger partial charge in [0.15, 0.2) is 0 Å². The second-order valence-corrected chi connectivity index (χ2v) is 5.03. The van der Waals surface area contributed by atoms with E-state index < -0.39 is 0 Å². The van der Waals surface area contributed by atoms with E-state index in [0.29, 0.717) is 12.6 Å². The molecule has 2 rings (SSSR count). The van der Waals surface area contributed by atoms with Crippen molar-refractivity contribution in [2.24, 2.45) is 11.7 Å². The molecule has 0 bridgehead atoms. The smallest absolute Gasteiger partial charge is 0.320 e. The monoisotopic (exact) mass is 211 g/mol. The maximum absolute atomic E-state index is 11.9. The number of hydrogen-bond donors (Lipinski definition) is 1. The average molecular weight is 211 g/mol. The van der Waals surface area contributed by atoms with Gasteiger partial charge in [0.2, 0.25) is 0 Å². The fourth-order valence-corrected chi connectivity index (χ4v) is 2.58. The molecule has 2 unspecified atom stereocenters. The van der Waals surface area contributed by atoms with Gasteiger partial charge in [-0.15, -0.1) is 0 Å². The van der Waals surface area contributed by atoms with Gasteiger partial charge < -0.3 is 15.5 Å². The molecule has 2 aliphatic rings. The largest absolute Gasteiger partial charge is 0.326 e. The summed E-state index contributed by atoms with van der Waals surface area (Å²) < 4.78 is 0. The zero-order valence-corrected chi connectivity index (χ0v) is 9.65. The van der Waals surface area contributed by atoms with Crippen LogP contribution in [0.5, 0.6) is 0 Å². The van der Waals surface area contributed by atoms with Crippen molar-refractivity contribution in [1.29, 1.82) is 0 Å². The van der Waals surface area contributed by atoms with Crippen LogP contribution < -0.4 is 5.73 Å². The summed E-state index contributed by atoms with van der Waals surface area (Å²) in [5.41, 5.74) is 5.74. The first-order valence-corrected chi connectivity index (χ1v) is 5.87. The molecular formula is C11H21N3O. The van der Waals surface area contributed by atoms with Crippen molar-refractivity contribution in [2.45, 2.75) is 38.3 Å². The van der Waals surface area contributed by atoms with Gasteiger partial charge in [0.05, 0.1) is 6.04 Å². The minimum Gasteiger partial charge on any atom is -0.326 e. The van der Waals surface area contributed by atoms with Gasteiger partial charge in [0, 0.05) is 26.2 Å². The van der Waals surface area contributed by atoms with Crippen LogP contribution in [0.25, 0.3) is 0 Å². The lowest BCUT2D eigenvalue weighted by Gasteiger charge is -2.34. The van der Waals surface area contributed by atoms with Crippen LogP contribution >= 0.6 is 0 Å². The van der Waals surface area contributed by atoms with Gasteiger partial charge in [-0.2, -0.15) is 0 Å². The lowest BCUT2D eigenvalue weighted by molar-refractivity contribution is 0.163. The topological polar surface area (TPSA) is 49.6 Å². The molecular weight excluding hydrogens is 190 g/mol. The molecule has 0 spiro atoms. The average Bonchev–Trinajstić information content (AvgIpc) is 2.30. The van der Waals surface area contributed by atoms with Gasteiger partial charge in [-0.05, 0) is 25.7 Å². The lowest BCUT2D eigenvalue weighted by Crippen LogP contribution is -2.39. The summed E-state index contributed by atoms with van der Waals surface area (Å²) in [6.45, 7) is 3.51. The summed E-state index contributed by atoms with van der Waals surface area (Å²) in [5.74, 6) is 0.733. The van der Waals surface area contributed by atoms with Crippen LogP contribution in [0, 0.1) is 5.92 Å². The molecule has 1 saturated carbocycles. The number of hydrogen-bond acceptors (Lipinski definition) is 2. The zero-order valence-electron chi connectivity index (χ0n) is 9.65. The van der Waals surface area contributed by atoms with E-state index in [1.165, 1.54) is 19.3 Å². The Morgan fingerprint density at radius 3 is 2.67 bits per heavy atom. The number of rotatable bonds is 3. The molecule has 0 aromatic heterocycles. The van der Waals surface area contributed by atoms with E-state index in [1.807, 2.05) is 23.8 Å².